The maximum absolute atomic E-state index is 12.6. The predicted octanol–water partition coefficient (Wildman–Crippen LogP) is 2.54. The minimum absolute atomic E-state index is 0.103. The van der Waals surface area contributed by atoms with Gasteiger partial charge in [-0.2, -0.15) is 0 Å². The lowest BCUT2D eigenvalue weighted by molar-refractivity contribution is 0.0939. The summed E-state index contributed by atoms with van der Waals surface area (Å²) in [6.45, 7) is 5.95. The molecule has 7 nitrogen and oxygen atoms in total. The molecule has 1 atom stereocenters. The first-order valence-electron chi connectivity index (χ1n) is 8.42. The molecule has 8 heteroatoms. The number of methoxy groups -OCH3 is 1. The predicted molar refractivity (Wildman–Crippen MR) is 103 cm³/mol. The van der Waals surface area contributed by atoms with E-state index in [0.29, 0.717) is 23.7 Å². The maximum Gasteiger partial charge on any atom is 0.252 e. The number of primary sulfonamides is 1. The number of hydrogen-bond donors (Lipinski definition) is 2. The Bertz CT molecular complexity index is 941. The van der Waals surface area contributed by atoms with Crippen LogP contribution in [0.4, 0.5) is 0 Å². The standard InChI is InChI=1S/C19H24N2O5S/c1-5-26-17-9-7-14(10-18(17)25-4)13(3)21-19(22)16-11-15(27(20,23)24)8-6-12(16)2/h6-11,13H,5H2,1-4H3,(H,21,22)(H2,20,23,24). The van der Waals surface area contributed by atoms with Gasteiger partial charge in [-0.25, -0.2) is 13.6 Å². The van der Waals surface area contributed by atoms with Crippen LogP contribution in [0.25, 0.3) is 0 Å². The van der Waals surface area contributed by atoms with Gasteiger partial charge in [0, 0.05) is 5.56 Å². The van der Waals surface area contributed by atoms with Crippen molar-refractivity contribution >= 4 is 15.9 Å². The molecule has 0 bridgehead atoms. The van der Waals surface area contributed by atoms with Crippen molar-refractivity contribution in [3.63, 3.8) is 0 Å². The van der Waals surface area contributed by atoms with Crippen LogP contribution in [0, 0.1) is 6.92 Å². The molecule has 146 valence electrons. The summed E-state index contributed by atoms with van der Waals surface area (Å²) >= 11 is 0. The summed E-state index contributed by atoms with van der Waals surface area (Å²) in [5.74, 6) is 0.806. The average Bonchev–Trinajstić information content (AvgIpc) is 2.61. The third-order valence-corrected chi connectivity index (χ3v) is 5.03. The Morgan fingerprint density at radius 1 is 1.19 bits per heavy atom. The van der Waals surface area contributed by atoms with Gasteiger partial charge in [-0.3, -0.25) is 4.79 Å². The molecule has 1 amide bonds. The average molecular weight is 392 g/mol. The summed E-state index contributed by atoms with van der Waals surface area (Å²) in [5, 5.41) is 8.02. The first-order chi connectivity index (χ1) is 12.7. The first-order valence-corrected chi connectivity index (χ1v) is 9.97. The topological polar surface area (TPSA) is 108 Å². The highest BCUT2D eigenvalue weighted by Crippen LogP contribution is 2.30. The number of aryl methyl sites for hydroxylation is 1. The van der Waals surface area contributed by atoms with Crippen molar-refractivity contribution in [2.24, 2.45) is 5.14 Å². The number of amides is 1. The van der Waals surface area contributed by atoms with Gasteiger partial charge in [0.15, 0.2) is 11.5 Å². The van der Waals surface area contributed by atoms with Crippen LogP contribution in [0.1, 0.15) is 41.4 Å². The number of sulfonamides is 1. The SMILES string of the molecule is CCOc1ccc(C(C)NC(=O)c2cc(S(N)(=O)=O)ccc2C)cc1OC. The van der Waals surface area contributed by atoms with Crippen LogP contribution in [-0.2, 0) is 10.0 Å². The van der Waals surface area contributed by atoms with E-state index in [0.717, 1.165) is 5.56 Å². The van der Waals surface area contributed by atoms with E-state index in [9.17, 15) is 13.2 Å². The minimum atomic E-state index is -3.89. The Kier molecular flexibility index (Phi) is 6.45. The second kappa shape index (κ2) is 8.41. The normalized spacial score (nSPS) is 12.3. The van der Waals surface area contributed by atoms with Crippen LogP contribution in [0.2, 0.25) is 0 Å². The number of nitrogens with two attached hydrogens (primary N) is 1. The summed E-state index contributed by atoms with van der Waals surface area (Å²) in [6.07, 6.45) is 0. The Labute approximate surface area is 159 Å². The summed E-state index contributed by atoms with van der Waals surface area (Å²) in [4.78, 5) is 12.5. The molecule has 0 fully saturated rings. The molecular weight excluding hydrogens is 368 g/mol. The second-order valence-electron chi connectivity index (χ2n) is 6.06. The molecule has 0 spiro atoms. The van der Waals surface area contributed by atoms with Gasteiger partial charge < -0.3 is 14.8 Å². The highest BCUT2D eigenvalue weighted by molar-refractivity contribution is 7.89. The fraction of sp³-hybridized carbons (Fsp3) is 0.316. The Balaban J connectivity index is 2.26. The van der Waals surface area contributed by atoms with E-state index in [4.69, 9.17) is 14.6 Å². The first kappa shape index (κ1) is 20.7. The van der Waals surface area contributed by atoms with Crippen LogP contribution in [0.15, 0.2) is 41.3 Å². The molecule has 1 unspecified atom stereocenters. The maximum atomic E-state index is 12.6. The molecule has 0 aliphatic rings. The Morgan fingerprint density at radius 3 is 2.48 bits per heavy atom. The van der Waals surface area contributed by atoms with Crippen LogP contribution in [0.5, 0.6) is 11.5 Å². The van der Waals surface area contributed by atoms with E-state index < -0.39 is 15.9 Å². The van der Waals surface area contributed by atoms with E-state index in [1.165, 1.54) is 12.1 Å². The summed E-state index contributed by atoms with van der Waals surface area (Å²) < 4.78 is 33.9. The third-order valence-electron chi connectivity index (χ3n) is 4.12. The van der Waals surface area contributed by atoms with Gasteiger partial charge in [-0.1, -0.05) is 12.1 Å². The molecule has 0 aliphatic carbocycles. The Morgan fingerprint density at radius 2 is 1.89 bits per heavy atom. The van der Waals surface area contributed by atoms with E-state index in [2.05, 4.69) is 5.32 Å². The molecule has 2 aromatic carbocycles. The van der Waals surface area contributed by atoms with Crippen molar-refractivity contribution in [2.45, 2.75) is 31.7 Å². The molecule has 0 saturated carbocycles. The highest BCUT2D eigenvalue weighted by Gasteiger charge is 2.18. The highest BCUT2D eigenvalue weighted by atomic mass is 32.2. The van der Waals surface area contributed by atoms with Gasteiger partial charge >= 0.3 is 0 Å². The number of rotatable bonds is 7. The van der Waals surface area contributed by atoms with E-state index in [-0.39, 0.29) is 16.5 Å². The van der Waals surface area contributed by atoms with Crippen molar-refractivity contribution < 1.29 is 22.7 Å². The number of ether oxygens (including phenoxy) is 2. The fourth-order valence-corrected chi connectivity index (χ4v) is 3.15. The lowest BCUT2D eigenvalue weighted by Crippen LogP contribution is -2.27. The number of nitrogens with one attached hydrogen (secondary N) is 1. The molecule has 0 aromatic heterocycles. The van der Waals surface area contributed by atoms with E-state index in [1.807, 2.05) is 19.9 Å². The quantitative estimate of drug-likeness (QED) is 0.753. The zero-order valence-corrected chi connectivity index (χ0v) is 16.6. The fourth-order valence-electron chi connectivity index (χ4n) is 2.61. The van der Waals surface area contributed by atoms with Gasteiger partial charge in [0.1, 0.15) is 0 Å². The zero-order valence-electron chi connectivity index (χ0n) is 15.8. The molecule has 0 aliphatic heterocycles. The summed E-state index contributed by atoms with van der Waals surface area (Å²) in [6, 6.07) is 9.30. The van der Waals surface area contributed by atoms with Gasteiger partial charge in [-0.15, -0.1) is 0 Å². The minimum Gasteiger partial charge on any atom is -0.493 e. The van der Waals surface area contributed by atoms with Crippen molar-refractivity contribution in [1.82, 2.24) is 5.32 Å². The molecule has 2 aromatic rings. The van der Waals surface area contributed by atoms with Gasteiger partial charge in [0.25, 0.3) is 5.91 Å². The van der Waals surface area contributed by atoms with Crippen molar-refractivity contribution in [1.29, 1.82) is 0 Å². The van der Waals surface area contributed by atoms with E-state index in [1.54, 1.807) is 32.2 Å². The number of hydrogen-bond acceptors (Lipinski definition) is 5. The van der Waals surface area contributed by atoms with Crippen molar-refractivity contribution in [3.8, 4) is 11.5 Å². The molecule has 0 saturated heterocycles. The van der Waals surface area contributed by atoms with Crippen molar-refractivity contribution in [2.75, 3.05) is 13.7 Å². The van der Waals surface area contributed by atoms with Gasteiger partial charge in [0.2, 0.25) is 10.0 Å². The van der Waals surface area contributed by atoms with Crippen molar-refractivity contribution in [3.05, 3.63) is 53.1 Å². The zero-order chi connectivity index (χ0) is 20.2. The third kappa shape index (κ3) is 4.99. The number of carbonyl (C=O) groups is 1. The van der Waals surface area contributed by atoms with Crippen LogP contribution < -0.4 is 19.9 Å². The van der Waals surface area contributed by atoms with E-state index >= 15 is 0 Å². The largest absolute Gasteiger partial charge is 0.493 e. The molecule has 0 radical (unpaired) electrons. The second-order valence-corrected chi connectivity index (χ2v) is 7.62. The summed E-state index contributed by atoms with van der Waals surface area (Å²) in [7, 11) is -2.34. The lowest BCUT2D eigenvalue weighted by atomic mass is 10.1. The number of carbonyl (C=O) groups excluding carboxylic acids is 1. The van der Waals surface area contributed by atoms with Gasteiger partial charge in [-0.05, 0) is 56.2 Å². The van der Waals surface area contributed by atoms with Crippen LogP contribution in [0.3, 0.4) is 0 Å². The van der Waals surface area contributed by atoms with Gasteiger partial charge in [0.05, 0.1) is 24.7 Å². The molecule has 3 N–H and O–H groups in total. The number of benzene rings is 2. The van der Waals surface area contributed by atoms with Crippen LogP contribution >= 0.6 is 0 Å². The molecular formula is C19H24N2O5S. The molecule has 2 rings (SSSR count). The summed E-state index contributed by atoms with van der Waals surface area (Å²) in [5.41, 5.74) is 1.73. The molecule has 27 heavy (non-hydrogen) atoms. The molecule has 0 heterocycles. The Hall–Kier alpha value is -2.58. The smallest absolute Gasteiger partial charge is 0.252 e. The lowest BCUT2D eigenvalue weighted by Gasteiger charge is -2.18. The monoisotopic (exact) mass is 392 g/mol. The van der Waals surface area contributed by atoms with Crippen LogP contribution in [-0.4, -0.2) is 28.0 Å².